The zero-order valence-electron chi connectivity index (χ0n) is 20.9. The van der Waals surface area contributed by atoms with Crippen molar-refractivity contribution in [3.63, 3.8) is 0 Å². The maximum absolute atomic E-state index is 15.1. The maximum atomic E-state index is 15.1. The number of allylic oxidation sites excluding steroid dienone is 1. The Hall–Kier alpha value is -4.62. The highest BCUT2D eigenvalue weighted by molar-refractivity contribution is 7.55. The van der Waals surface area contributed by atoms with Crippen LogP contribution in [0.2, 0.25) is 0 Å². The van der Waals surface area contributed by atoms with E-state index >= 15 is 4.39 Å². The monoisotopic (exact) mass is 592 g/mol. The predicted octanol–water partition coefficient (Wildman–Crippen LogP) is 4.17. The lowest BCUT2D eigenvalue weighted by Crippen LogP contribution is -2.34. The second kappa shape index (κ2) is 11.1. The number of ketones is 1. The Balaban J connectivity index is 1.37. The molecule has 1 fully saturated rings. The molecule has 2 atom stereocenters. The smallest absolute Gasteiger partial charge is 0.442 e. The van der Waals surface area contributed by atoms with Crippen LogP contribution in [0, 0.1) is 17.5 Å². The molecule has 0 radical (unpaired) electrons. The highest BCUT2D eigenvalue weighted by atomic mass is 31.2. The number of nitrogens with zero attached hydrogens (tertiary/aromatic N) is 4. The number of aromatic nitrogens is 1. The first-order chi connectivity index (χ1) is 19.5. The summed E-state index contributed by atoms with van der Waals surface area (Å²) in [6.07, 6.45) is 0.798. The predicted molar refractivity (Wildman–Crippen MR) is 136 cm³/mol. The van der Waals surface area contributed by atoms with E-state index in [0.717, 1.165) is 23.4 Å². The summed E-state index contributed by atoms with van der Waals surface area (Å²) in [4.78, 5) is 48.8. The molecule has 0 spiro atoms. The molecule has 0 aliphatic carbocycles. The highest BCUT2D eigenvalue weighted by Gasteiger charge is 2.43. The lowest BCUT2D eigenvalue weighted by molar-refractivity contribution is -0.114. The Morgan fingerprint density at radius 1 is 1.17 bits per heavy atom. The van der Waals surface area contributed by atoms with Crippen LogP contribution in [0.5, 0.6) is 0 Å². The number of anilines is 3. The average molecular weight is 592 g/mol. The van der Waals surface area contributed by atoms with Crippen LogP contribution in [-0.4, -0.2) is 53.6 Å². The molecule has 2 aliphatic heterocycles. The van der Waals surface area contributed by atoms with E-state index < -0.39 is 67.8 Å². The molecule has 1 aromatic heterocycles. The van der Waals surface area contributed by atoms with Crippen LogP contribution in [0.1, 0.15) is 16.8 Å². The summed E-state index contributed by atoms with van der Waals surface area (Å²) in [5.41, 5.74) is -1.53. The molecule has 1 amide bonds. The van der Waals surface area contributed by atoms with E-state index in [9.17, 15) is 32.6 Å². The SMILES string of the molecule is O=C1C=CN(c2c(F)cc(N3CC(CN(c4ccon4)P(=O)(O)OC(=O)c4ccccc4)OC3=O)c(F)c2F)CC1. The number of halogens is 3. The Bertz CT molecular complexity index is 1570. The van der Waals surface area contributed by atoms with Crippen molar-refractivity contribution in [2.24, 2.45) is 0 Å². The molecule has 0 saturated carbocycles. The minimum atomic E-state index is -5.01. The third-order valence-electron chi connectivity index (χ3n) is 6.19. The summed E-state index contributed by atoms with van der Waals surface area (Å²) in [6, 6.07) is 9.16. The molecule has 1 N–H and O–H groups in total. The zero-order valence-corrected chi connectivity index (χ0v) is 21.7. The number of rotatable bonds is 8. The maximum Gasteiger partial charge on any atom is 0.490 e. The molecule has 41 heavy (non-hydrogen) atoms. The van der Waals surface area contributed by atoms with Crippen LogP contribution in [0.3, 0.4) is 0 Å². The lowest BCUT2D eigenvalue weighted by Gasteiger charge is -2.27. The van der Waals surface area contributed by atoms with Crippen molar-refractivity contribution in [2.75, 3.05) is 34.1 Å². The zero-order chi connectivity index (χ0) is 29.3. The Kier molecular flexibility index (Phi) is 7.56. The van der Waals surface area contributed by atoms with E-state index in [-0.39, 0.29) is 30.1 Å². The first kappa shape index (κ1) is 27.9. The number of hydrogen-bond donors (Lipinski definition) is 1. The van der Waals surface area contributed by atoms with Gasteiger partial charge in [0.25, 0.3) is 0 Å². The number of ether oxygens (including phenoxy) is 1. The van der Waals surface area contributed by atoms with Gasteiger partial charge in [0, 0.05) is 31.3 Å². The van der Waals surface area contributed by atoms with Gasteiger partial charge in [-0.05, 0) is 18.2 Å². The molecular weight excluding hydrogens is 572 g/mol. The molecule has 16 heteroatoms. The van der Waals surface area contributed by atoms with E-state index in [1.807, 2.05) is 0 Å². The van der Waals surface area contributed by atoms with Gasteiger partial charge in [-0.2, -0.15) is 0 Å². The number of amides is 1. The van der Waals surface area contributed by atoms with E-state index in [1.165, 1.54) is 30.3 Å². The second-order valence-corrected chi connectivity index (χ2v) is 10.5. The van der Waals surface area contributed by atoms with Crippen molar-refractivity contribution in [1.29, 1.82) is 0 Å². The fourth-order valence-electron chi connectivity index (χ4n) is 4.24. The minimum Gasteiger partial charge on any atom is -0.442 e. The fraction of sp³-hybridized carbons (Fsp3) is 0.200. The quantitative estimate of drug-likeness (QED) is 0.297. The molecule has 1 saturated heterocycles. The van der Waals surface area contributed by atoms with Gasteiger partial charge < -0.3 is 18.7 Å². The molecule has 0 bridgehead atoms. The molecule has 5 rings (SSSR count). The van der Waals surface area contributed by atoms with Crippen LogP contribution in [0.4, 0.5) is 35.2 Å². The molecule has 2 aliphatic rings. The largest absolute Gasteiger partial charge is 0.490 e. The first-order valence-corrected chi connectivity index (χ1v) is 13.5. The van der Waals surface area contributed by atoms with E-state index in [0.29, 0.717) is 15.6 Å². The average Bonchev–Trinajstić information content (AvgIpc) is 3.60. The van der Waals surface area contributed by atoms with Crippen molar-refractivity contribution in [2.45, 2.75) is 12.5 Å². The third kappa shape index (κ3) is 5.67. The van der Waals surface area contributed by atoms with Crippen molar-refractivity contribution in [3.8, 4) is 0 Å². The van der Waals surface area contributed by atoms with Gasteiger partial charge in [0.1, 0.15) is 18.1 Å². The number of hydrogen-bond acceptors (Lipinski definition) is 9. The number of benzene rings is 2. The molecule has 3 heterocycles. The highest BCUT2D eigenvalue weighted by Crippen LogP contribution is 2.50. The van der Waals surface area contributed by atoms with Crippen molar-refractivity contribution < 1.29 is 50.8 Å². The van der Waals surface area contributed by atoms with Gasteiger partial charge >= 0.3 is 19.8 Å². The Morgan fingerprint density at radius 2 is 1.93 bits per heavy atom. The van der Waals surface area contributed by atoms with Crippen LogP contribution >= 0.6 is 7.75 Å². The second-order valence-electron chi connectivity index (χ2n) is 8.87. The Labute approximate surface area is 229 Å². The summed E-state index contributed by atoms with van der Waals surface area (Å²) >= 11 is 0. The van der Waals surface area contributed by atoms with Crippen LogP contribution in [0.15, 0.2) is 65.5 Å². The van der Waals surface area contributed by atoms with Gasteiger partial charge in [-0.3, -0.25) is 14.6 Å². The molecule has 2 unspecified atom stereocenters. The molecule has 214 valence electrons. The standard InChI is InChI=1S/C25H20F3N4O8P/c26-18-12-19(21(27)22(28)23(18)30-9-6-16(33)7-10-30)31-13-17(39-25(31)35)14-32(20-8-11-38-29-20)41(36,37)40-24(34)15-4-2-1-3-5-15/h1-6,8-9,11-12,17H,7,10,13-14H2,(H,36,37). The van der Waals surface area contributed by atoms with Crippen LogP contribution in [0.25, 0.3) is 0 Å². The van der Waals surface area contributed by atoms with Gasteiger partial charge in [0.2, 0.25) is 0 Å². The molecular formula is C25H20F3N4O8P. The van der Waals surface area contributed by atoms with E-state index in [4.69, 9.17) is 13.8 Å². The Morgan fingerprint density at radius 3 is 2.59 bits per heavy atom. The number of cyclic esters (lactones) is 1. The van der Waals surface area contributed by atoms with Crippen LogP contribution < -0.4 is 14.5 Å². The van der Waals surface area contributed by atoms with Crippen molar-refractivity contribution >= 4 is 42.8 Å². The summed E-state index contributed by atoms with van der Waals surface area (Å²) in [5.74, 6) is -5.99. The molecule has 2 aromatic carbocycles. The van der Waals surface area contributed by atoms with Crippen molar-refractivity contribution in [1.82, 2.24) is 5.16 Å². The summed E-state index contributed by atoms with van der Waals surface area (Å²) in [6.45, 7) is -1.20. The number of carbonyl (C=O) groups excluding carboxylic acids is 3. The van der Waals surface area contributed by atoms with E-state index in [1.54, 1.807) is 6.07 Å². The lowest BCUT2D eigenvalue weighted by atomic mass is 10.1. The number of carbonyl (C=O) groups is 3. The van der Waals surface area contributed by atoms with Gasteiger partial charge in [-0.15, -0.1) is 0 Å². The van der Waals surface area contributed by atoms with Crippen LogP contribution in [-0.2, 0) is 18.6 Å². The molecule has 12 nitrogen and oxygen atoms in total. The molecule has 3 aromatic rings. The summed E-state index contributed by atoms with van der Waals surface area (Å²) in [5, 5.41) is 3.58. The fourth-order valence-corrected chi connectivity index (χ4v) is 5.41. The first-order valence-electron chi connectivity index (χ1n) is 12.0. The minimum absolute atomic E-state index is 0.0186. The summed E-state index contributed by atoms with van der Waals surface area (Å²) in [7, 11) is -5.01. The summed E-state index contributed by atoms with van der Waals surface area (Å²) < 4.78 is 73.7. The van der Waals surface area contributed by atoms with Gasteiger partial charge in [-0.1, -0.05) is 23.4 Å². The topological polar surface area (TPSA) is 143 Å². The van der Waals surface area contributed by atoms with E-state index in [2.05, 4.69) is 5.16 Å². The van der Waals surface area contributed by atoms with Gasteiger partial charge in [-0.25, -0.2) is 32.0 Å². The van der Waals surface area contributed by atoms with Gasteiger partial charge in [0.05, 0.1) is 24.3 Å². The van der Waals surface area contributed by atoms with Crippen molar-refractivity contribution in [3.05, 3.63) is 84.0 Å². The third-order valence-corrected chi connectivity index (χ3v) is 7.57. The van der Waals surface area contributed by atoms with Gasteiger partial charge in [0.15, 0.2) is 29.1 Å². The normalized spacial score (nSPS) is 18.3.